The largest absolute Gasteiger partial charge is 0.492 e. The molecule has 5 rings (SSSR count). The molecule has 9 nitrogen and oxygen atoms in total. The van der Waals surface area contributed by atoms with Crippen LogP contribution in [0.5, 0.6) is 11.5 Å². The molecule has 0 atom stereocenters. The fourth-order valence-corrected chi connectivity index (χ4v) is 3.46. The van der Waals surface area contributed by atoms with Crippen molar-refractivity contribution in [1.82, 2.24) is 20.2 Å². The van der Waals surface area contributed by atoms with Crippen molar-refractivity contribution in [3.63, 3.8) is 0 Å². The van der Waals surface area contributed by atoms with E-state index in [1.807, 2.05) is 30.3 Å². The van der Waals surface area contributed by atoms with Gasteiger partial charge < -0.3 is 20.5 Å². The van der Waals surface area contributed by atoms with E-state index in [4.69, 9.17) is 20.5 Å². The van der Waals surface area contributed by atoms with E-state index in [1.54, 1.807) is 0 Å². The number of aromatic amines is 1. The molecule has 4 N–H and O–H groups in total. The minimum absolute atomic E-state index is 0.113. The van der Waals surface area contributed by atoms with Gasteiger partial charge in [-0.05, 0) is 43.7 Å². The normalized spacial score (nSPS) is 19.9. The van der Waals surface area contributed by atoms with Crippen molar-refractivity contribution < 1.29 is 9.47 Å². The van der Waals surface area contributed by atoms with Gasteiger partial charge in [-0.15, -0.1) is 0 Å². The van der Waals surface area contributed by atoms with Crippen LogP contribution in [0.3, 0.4) is 0 Å². The molecule has 0 unspecified atom stereocenters. The molecular weight excluding hydrogens is 394 g/mol. The minimum atomic E-state index is 0.113. The lowest BCUT2D eigenvalue weighted by Crippen LogP contribution is -2.43. The van der Waals surface area contributed by atoms with Crippen LogP contribution in [0, 0.1) is 17.2 Å². The molecule has 0 aliphatic heterocycles. The molecule has 158 valence electrons. The molecule has 2 aliphatic rings. The Morgan fingerprint density at radius 1 is 1.16 bits per heavy atom. The zero-order chi connectivity index (χ0) is 21.2. The van der Waals surface area contributed by atoms with Gasteiger partial charge in [0.25, 0.3) is 0 Å². The first-order valence-corrected chi connectivity index (χ1v) is 10.4. The summed E-state index contributed by atoms with van der Waals surface area (Å²) < 4.78 is 12.4. The number of nitriles is 1. The Kier molecular flexibility index (Phi) is 5.14. The Hall–Kier alpha value is -3.64. The first kappa shape index (κ1) is 19.3. The molecule has 0 saturated heterocycles. The average Bonchev–Trinajstić information content (AvgIpc) is 3.49. The fourth-order valence-electron chi connectivity index (χ4n) is 3.46. The first-order chi connectivity index (χ1) is 15.2. The van der Waals surface area contributed by atoms with Gasteiger partial charge in [0, 0.05) is 12.1 Å². The second kappa shape index (κ2) is 8.24. The fraction of sp³-hybridized carbons (Fsp3) is 0.364. The molecule has 2 aromatic heterocycles. The number of nitrogens with two attached hydrogens (primary N) is 1. The predicted molar refractivity (Wildman–Crippen MR) is 114 cm³/mol. The third-order valence-electron chi connectivity index (χ3n) is 5.45. The van der Waals surface area contributed by atoms with E-state index < -0.39 is 0 Å². The lowest BCUT2D eigenvalue weighted by Gasteiger charge is -2.33. The van der Waals surface area contributed by atoms with Gasteiger partial charge in [0.2, 0.25) is 0 Å². The van der Waals surface area contributed by atoms with E-state index in [9.17, 15) is 0 Å². The van der Waals surface area contributed by atoms with Gasteiger partial charge >= 0.3 is 0 Å². The summed E-state index contributed by atoms with van der Waals surface area (Å²) in [5, 5.41) is 19.4. The molecule has 2 fully saturated rings. The highest BCUT2D eigenvalue weighted by Gasteiger charge is 2.29. The number of aromatic nitrogens is 4. The quantitative estimate of drug-likeness (QED) is 0.509. The van der Waals surface area contributed by atoms with Gasteiger partial charge in [0.1, 0.15) is 29.5 Å². The molecule has 2 heterocycles. The smallest absolute Gasteiger partial charge is 0.158 e. The van der Waals surface area contributed by atoms with Crippen LogP contribution >= 0.6 is 0 Å². The van der Waals surface area contributed by atoms with Crippen LogP contribution in [0.4, 0.5) is 11.6 Å². The molecule has 2 aliphatic carbocycles. The number of benzene rings is 1. The van der Waals surface area contributed by atoms with Crippen molar-refractivity contribution in [2.45, 2.75) is 37.8 Å². The second-order valence-corrected chi connectivity index (χ2v) is 8.05. The van der Waals surface area contributed by atoms with Crippen molar-refractivity contribution in [2.75, 3.05) is 11.9 Å². The van der Waals surface area contributed by atoms with Crippen LogP contribution in [0.25, 0.3) is 11.3 Å². The maximum atomic E-state index is 8.86. The number of nitrogens with zero attached hydrogens (tertiary/aromatic N) is 4. The summed E-state index contributed by atoms with van der Waals surface area (Å²) in [4.78, 5) is 8.19. The summed E-state index contributed by atoms with van der Waals surface area (Å²) in [6.45, 7) is 0.699. The van der Waals surface area contributed by atoms with E-state index >= 15 is 0 Å². The summed E-state index contributed by atoms with van der Waals surface area (Å²) in [5.41, 5.74) is 7.80. The summed E-state index contributed by atoms with van der Waals surface area (Å²) in [7, 11) is 0. The van der Waals surface area contributed by atoms with Crippen LogP contribution in [0.15, 0.2) is 36.7 Å². The average molecular weight is 417 g/mol. The SMILES string of the molecule is N#Cc1cnc(Nc2cc(-c3c(OCC4CC4)cccc3O[C@H]3C[C@H](N)C3)[nH]n2)cn1. The maximum Gasteiger partial charge on any atom is 0.158 e. The van der Waals surface area contributed by atoms with Gasteiger partial charge in [-0.3, -0.25) is 5.10 Å². The molecule has 3 aromatic rings. The van der Waals surface area contributed by atoms with Gasteiger partial charge in [0.15, 0.2) is 11.5 Å². The number of H-pyrrole nitrogens is 1. The van der Waals surface area contributed by atoms with Crippen molar-refractivity contribution in [3.8, 4) is 28.8 Å². The van der Waals surface area contributed by atoms with Gasteiger partial charge in [-0.1, -0.05) is 6.07 Å². The van der Waals surface area contributed by atoms with Gasteiger partial charge in [0.05, 0.1) is 30.3 Å². The van der Waals surface area contributed by atoms with E-state index in [-0.39, 0.29) is 17.8 Å². The van der Waals surface area contributed by atoms with Gasteiger partial charge in [-0.2, -0.15) is 10.4 Å². The monoisotopic (exact) mass is 417 g/mol. The lowest BCUT2D eigenvalue weighted by molar-refractivity contribution is 0.101. The molecule has 2 saturated carbocycles. The minimum Gasteiger partial charge on any atom is -0.492 e. The van der Waals surface area contributed by atoms with Crippen LogP contribution in [-0.4, -0.2) is 38.9 Å². The molecule has 0 amide bonds. The summed E-state index contributed by atoms with van der Waals surface area (Å²) in [6, 6.07) is 9.88. The number of hydrogen-bond acceptors (Lipinski definition) is 8. The van der Waals surface area contributed by atoms with Crippen molar-refractivity contribution >= 4 is 11.6 Å². The number of nitrogens with one attached hydrogen (secondary N) is 2. The van der Waals surface area contributed by atoms with Crippen LogP contribution < -0.4 is 20.5 Å². The summed E-state index contributed by atoms with van der Waals surface area (Å²) in [6.07, 6.45) is 7.14. The Bertz CT molecular complexity index is 1100. The molecule has 9 heteroatoms. The first-order valence-electron chi connectivity index (χ1n) is 10.4. The highest BCUT2D eigenvalue weighted by molar-refractivity contribution is 5.76. The van der Waals surface area contributed by atoms with E-state index in [1.165, 1.54) is 25.2 Å². The van der Waals surface area contributed by atoms with Crippen molar-refractivity contribution in [1.29, 1.82) is 5.26 Å². The lowest BCUT2D eigenvalue weighted by atomic mass is 9.90. The van der Waals surface area contributed by atoms with E-state index in [0.29, 0.717) is 24.2 Å². The molecular formula is C22H23N7O2. The Balaban J connectivity index is 1.40. The topological polar surface area (TPSA) is 135 Å². The Morgan fingerprint density at radius 2 is 2.00 bits per heavy atom. The van der Waals surface area contributed by atoms with Crippen LogP contribution in [-0.2, 0) is 0 Å². The standard InChI is InChI=1S/C22H23N7O2/c23-9-15-10-26-21(11-25-15)27-20-8-17(28-29-20)22-18(30-12-13-4-5-13)2-1-3-19(22)31-16-6-14(24)7-16/h1-3,8,10-11,13-14,16H,4-7,12,24H2,(H2,26,27,28,29)/t14-,16-. The predicted octanol–water partition coefficient (Wildman–Crippen LogP) is 3.14. The molecule has 31 heavy (non-hydrogen) atoms. The molecule has 0 spiro atoms. The number of ether oxygens (including phenoxy) is 2. The van der Waals surface area contributed by atoms with Gasteiger partial charge in [-0.25, -0.2) is 9.97 Å². The molecule has 1 aromatic carbocycles. The Morgan fingerprint density at radius 3 is 2.71 bits per heavy atom. The van der Waals surface area contributed by atoms with Crippen LogP contribution in [0.2, 0.25) is 0 Å². The summed E-state index contributed by atoms with van der Waals surface area (Å²) >= 11 is 0. The zero-order valence-corrected chi connectivity index (χ0v) is 16.9. The van der Waals surface area contributed by atoms with E-state index in [0.717, 1.165) is 35.6 Å². The highest BCUT2D eigenvalue weighted by Crippen LogP contribution is 2.41. The van der Waals surface area contributed by atoms with Crippen molar-refractivity contribution in [2.24, 2.45) is 11.7 Å². The number of anilines is 2. The number of rotatable bonds is 8. The second-order valence-electron chi connectivity index (χ2n) is 8.05. The number of hydrogen-bond donors (Lipinski definition) is 3. The summed E-state index contributed by atoms with van der Waals surface area (Å²) in [5.74, 6) is 3.22. The maximum absolute atomic E-state index is 8.86. The third-order valence-corrected chi connectivity index (χ3v) is 5.45. The molecule has 0 bridgehead atoms. The van der Waals surface area contributed by atoms with Crippen molar-refractivity contribution in [3.05, 3.63) is 42.4 Å². The third kappa shape index (κ3) is 4.44. The molecule has 0 radical (unpaired) electrons. The highest BCUT2D eigenvalue weighted by atomic mass is 16.5. The van der Waals surface area contributed by atoms with E-state index in [2.05, 4.69) is 25.5 Å². The van der Waals surface area contributed by atoms with Crippen LogP contribution in [0.1, 0.15) is 31.4 Å². The Labute approximate surface area is 179 Å². The zero-order valence-electron chi connectivity index (χ0n) is 16.9.